The number of sulfone groups is 1. The average molecular weight is 445 g/mol. The Morgan fingerprint density at radius 1 is 1.16 bits per heavy atom. The molecule has 0 aliphatic heterocycles. The Bertz CT molecular complexity index is 1140. The van der Waals surface area contributed by atoms with Crippen molar-refractivity contribution in [2.75, 3.05) is 12.4 Å². The maximum Gasteiger partial charge on any atom is 0.225 e. The summed E-state index contributed by atoms with van der Waals surface area (Å²) >= 11 is 0. The molecule has 0 saturated heterocycles. The molecule has 166 valence electrons. The monoisotopic (exact) mass is 444 g/mol. The summed E-state index contributed by atoms with van der Waals surface area (Å²) in [6.45, 7) is 5.90. The molecule has 2 heterocycles. The highest BCUT2D eigenvalue weighted by Crippen LogP contribution is 2.36. The molecule has 2 aromatic heterocycles. The van der Waals surface area contributed by atoms with Crippen molar-refractivity contribution < 1.29 is 22.4 Å². The van der Waals surface area contributed by atoms with E-state index in [2.05, 4.69) is 5.32 Å². The van der Waals surface area contributed by atoms with Gasteiger partial charge >= 0.3 is 0 Å². The number of carbonyl (C=O) groups is 1. The smallest absolute Gasteiger partial charge is 0.225 e. The Morgan fingerprint density at radius 2 is 1.87 bits per heavy atom. The number of hydrogen-bond donors (Lipinski definition) is 1. The number of furan rings is 1. The number of methoxy groups -OCH3 is 1. The molecule has 0 saturated carbocycles. The maximum absolute atomic E-state index is 13.6. The van der Waals surface area contributed by atoms with Crippen molar-refractivity contribution in [1.29, 1.82) is 0 Å². The molecule has 0 fully saturated rings. The highest BCUT2D eigenvalue weighted by molar-refractivity contribution is 7.91. The summed E-state index contributed by atoms with van der Waals surface area (Å²) in [4.78, 5) is 12.8. The molecule has 0 aliphatic rings. The SMILES string of the molecule is CCCCC(=O)Nc1c(S(=O)(=O)c2ccc(OC)cc2)c(C)c(C)n1Cc1ccco1. The molecule has 1 N–H and O–H groups in total. The molecule has 8 heteroatoms. The van der Waals surface area contributed by atoms with Crippen molar-refractivity contribution in [2.45, 2.75) is 56.4 Å². The van der Waals surface area contributed by atoms with Crippen LogP contribution in [0.1, 0.15) is 43.2 Å². The summed E-state index contributed by atoms with van der Waals surface area (Å²) in [7, 11) is -2.37. The number of carbonyl (C=O) groups excluding carboxylic acids is 1. The highest BCUT2D eigenvalue weighted by atomic mass is 32.2. The first-order chi connectivity index (χ1) is 14.8. The first-order valence-electron chi connectivity index (χ1n) is 10.2. The third-order valence-electron chi connectivity index (χ3n) is 5.32. The number of amides is 1. The Kier molecular flexibility index (Phi) is 6.90. The lowest BCUT2D eigenvalue weighted by Crippen LogP contribution is -2.18. The van der Waals surface area contributed by atoms with Gasteiger partial charge in [0.1, 0.15) is 22.2 Å². The second-order valence-corrected chi connectivity index (χ2v) is 9.27. The fourth-order valence-corrected chi connectivity index (χ4v) is 5.14. The molecule has 7 nitrogen and oxygen atoms in total. The van der Waals surface area contributed by atoms with Gasteiger partial charge in [-0.3, -0.25) is 4.79 Å². The minimum absolute atomic E-state index is 0.103. The van der Waals surface area contributed by atoms with E-state index >= 15 is 0 Å². The topological polar surface area (TPSA) is 90.5 Å². The summed E-state index contributed by atoms with van der Waals surface area (Å²) in [6, 6.07) is 9.82. The van der Waals surface area contributed by atoms with E-state index in [1.54, 1.807) is 36.0 Å². The molecule has 0 unspecified atom stereocenters. The van der Waals surface area contributed by atoms with Crippen molar-refractivity contribution in [3.8, 4) is 5.75 Å². The van der Waals surface area contributed by atoms with Crippen molar-refractivity contribution in [3.63, 3.8) is 0 Å². The number of benzene rings is 1. The van der Waals surface area contributed by atoms with Crippen LogP contribution in [0.2, 0.25) is 0 Å². The minimum atomic E-state index is -3.89. The quantitative estimate of drug-likeness (QED) is 0.516. The van der Waals surface area contributed by atoms with E-state index in [-0.39, 0.29) is 21.5 Å². The van der Waals surface area contributed by atoms with Crippen LogP contribution in [-0.2, 0) is 21.2 Å². The lowest BCUT2D eigenvalue weighted by Gasteiger charge is -2.14. The summed E-state index contributed by atoms with van der Waals surface area (Å²) in [5.41, 5.74) is 1.34. The van der Waals surface area contributed by atoms with Gasteiger partial charge in [0.2, 0.25) is 15.7 Å². The Balaban J connectivity index is 2.14. The van der Waals surface area contributed by atoms with Crippen LogP contribution < -0.4 is 10.1 Å². The number of aromatic nitrogens is 1. The first-order valence-corrected chi connectivity index (χ1v) is 11.7. The summed E-state index contributed by atoms with van der Waals surface area (Å²) in [5.74, 6) is 1.28. The van der Waals surface area contributed by atoms with E-state index in [0.29, 0.717) is 30.0 Å². The fraction of sp³-hybridized carbons (Fsp3) is 0.348. The van der Waals surface area contributed by atoms with Crippen LogP contribution in [0.3, 0.4) is 0 Å². The average Bonchev–Trinajstić information content (AvgIpc) is 3.35. The van der Waals surface area contributed by atoms with Crippen LogP contribution in [0.15, 0.2) is 56.9 Å². The van der Waals surface area contributed by atoms with Gasteiger partial charge in [0.25, 0.3) is 0 Å². The van der Waals surface area contributed by atoms with Crippen molar-refractivity contribution in [3.05, 3.63) is 59.7 Å². The van der Waals surface area contributed by atoms with Crippen molar-refractivity contribution >= 4 is 21.6 Å². The predicted molar refractivity (Wildman–Crippen MR) is 118 cm³/mol. The van der Waals surface area contributed by atoms with E-state index < -0.39 is 9.84 Å². The van der Waals surface area contributed by atoms with Crippen LogP contribution in [0.5, 0.6) is 5.75 Å². The van der Waals surface area contributed by atoms with Crippen LogP contribution in [0.4, 0.5) is 5.82 Å². The minimum Gasteiger partial charge on any atom is -0.497 e. The Morgan fingerprint density at radius 3 is 2.45 bits per heavy atom. The van der Waals surface area contributed by atoms with Crippen LogP contribution in [0.25, 0.3) is 0 Å². The van der Waals surface area contributed by atoms with Gasteiger partial charge in [0.15, 0.2) is 0 Å². The second kappa shape index (κ2) is 9.43. The van der Waals surface area contributed by atoms with E-state index in [4.69, 9.17) is 9.15 Å². The zero-order valence-electron chi connectivity index (χ0n) is 18.3. The van der Waals surface area contributed by atoms with E-state index in [1.807, 2.05) is 19.9 Å². The molecule has 0 aliphatic carbocycles. The van der Waals surface area contributed by atoms with Gasteiger partial charge in [-0.15, -0.1) is 0 Å². The standard InChI is InChI=1S/C23H28N2O5S/c1-5-6-9-21(26)24-23-22(31(27,28)20-12-10-18(29-4)11-13-20)16(2)17(3)25(23)15-19-8-7-14-30-19/h7-8,10-14H,5-6,9,15H2,1-4H3,(H,24,26). The highest BCUT2D eigenvalue weighted by Gasteiger charge is 2.30. The number of ether oxygens (including phenoxy) is 1. The number of anilines is 1. The molecule has 0 bridgehead atoms. The summed E-state index contributed by atoms with van der Waals surface area (Å²) in [6.07, 6.45) is 3.48. The van der Waals surface area contributed by atoms with E-state index in [9.17, 15) is 13.2 Å². The fourth-order valence-electron chi connectivity index (χ4n) is 3.45. The third-order valence-corrected chi connectivity index (χ3v) is 7.25. The predicted octanol–water partition coefficient (Wildman–Crippen LogP) is 4.72. The number of nitrogens with one attached hydrogen (secondary N) is 1. The molecule has 31 heavy (non-hydrogen) atoms. The second-order valence-electron chi connectivity index (χ2n) is 7.38. The Labute approximate surface area is 182 Å². The van der Waals surface area contributed by atoms with Gasteiger partial charge in [0, 0.05) is 12.1 Å². The summed E-state index contributed by atoms with van der Waals surface area (Å²) < 4.78 is 39.6. The normalized spacial score (nSPS) is 11.5. The van der Waals surface area contributed by atoms with Gasteiger partial charge in [-0.05, 0) is 62.2 Å². The van der Waals surface area contributed by atoms with Gasteiger partial charge in [0.05, 0.1) is 24.8 Å². The largest absolute Gasteiger partial charge is 0.497 e. The van der Waals surface area contributed by atoms with Crippen LogP contribution in [-0.4, -0.2) is 26.0 Å². The zero-order chi connectivity index (χ0) is 22.6. The van der Waals surface area contributed by atoms with Crippen LogP contribution >= 0.6 is 0 Å². The van der Waals surface area contributed by atoms with E-state index in [0.717, 1.165) is 18.5 Å². The lowest BCUT2D eigenvalue weighted by atomic mass is 10.2. The molecule has 0 spiro atoms. The number of hydrogen-bond acceptors (Lipinski definition) is 5. The molecular weight excluding hydrogens is 416 g/mol. The number of unbranched alkanes of at least 4 members (excludes halogenated alkanes) is 1. The Hall–Kier alpha value is -3.00. The lowest BCUT2D eigenvalue weighted by molar-refractivity contribution is -0.116. The molecule has 0 radical (unpaired) electrons. The third kappa shape index (κ3) is 4.69. The van der Waals surface area contributed by atoms with E-state index in [1.165, 1.54) is 19.2 Å². The molecular formula is C23H28N2O5S. The van der Waals surface area contributed by atoms with Gasteiger partial charge in [-0.2, -0.15) is 0 Å². The molecule has 1 amide bonds. The first kappa shape index (κ1) is 22.7. The molecule has 1 aromatic carbocycles. The zero-order valence-corrected chi connectivity index (χ0v) is 19.1. The molecule has 3 rings (SSSR count). The number of nitrogens with zero attached hydrogens (tertiary/aromatic N) is 1. The van der Waals surface area contributed by atoms with Gasteiger partial charge < -0.3 is 19.0 Å². The van der Waals surface area contributed by atoms with Crippen molar-refractivity contribution in [2.24, 2.45) is 0 Å². The molecule has 0 atom stereocenters. The van der Waals surface area contributed by atoms with Crippen LogP contribution in [0, 0.1) is 13.8 Å². The van der Waals surface area contributed by atoms with Gasteiger partial charge in [-0.25, -0.2) is 8.42 Å². The van der Waals surface area contributed by atoms with Crippen molar-refractivity contribution in [1.82, 2.24) is 4.57 Å². The summed E-state index contributed by atoms with van der Waals surface area (Å²) in [5, 5.41) is 2.86. The molecule has 3 aromatic rings. The number of rotatable bonds is 9. The maximum atomic E-state index is 13.6. The van der Waals surface area contributed by atoms with Gasteiger partial charge in [-0.1, -0.05) is 13.3 Å².